The molecule has 1 aliphatic carbocycles. The topological polar surface area (TPSA) is 94.9 Å². The van der Waals surface area contributed by atoms with Crippen LogP contribution in [-0.2, 0) is 11.2 Å². The van der Waals surface area contributed by atoms with Gasteiger partial charge in [-0.1, -0.05) is 0 Å². The highest BCUT2D eigenvalue weighted by atomic mass is 16.6. The van der Waals surface area contributed by atoms with Crippen LogP contribution in [0.4, 0.5) is 10.5 Å². The molecule has 29 heavy (non-hydrogen) atoms. The molecule has 1 fully saturated rings. The summed E-state index contributed by atoms with van der Waals surface area (Å²) in [7, 11) is 0. The molecule has 1 aromatic carbocycles. The molecule has 1 unspecified atom stereocenters. The first-order chi connectivity index (χ1) is 14.1. The summed E-state index contributed by atoms with van der Waals surface area (Å²) in [5, 5.41) is 9.08. The Hall–Kier alpha value is -3.40. The SMILES string of the molecule is CC(c1ccc2c(n1)CCCN2C(=O)OC1CC1)c1nc2ccc(C#N)cc2[nH]1. The number of ether oxygens (including phenoxy) is 1. The van der Waals surface area contributed by atoms with Gasteiger partial charge < -0.3 is 9.72 Å². The lowest BCUT2D eigenvalue weighted by Crippen LogP contribution is -2.36. The molecule has 146 valence electrons. The van der Waals surface area contributed by atoms with Gasteiger partial charge in [0.05, 0.1) is 45.7 Å². The molecule has 0 spiro atoms. The number of amides is 1. The lowest BCUT2D eigenvalue weighted by molar-refractivity contribution is 0.146. The van der Waals surface area contributed by atoms with Crippen LogP contribution in [0.5, 0.6) is 0 Å². The molecule has 0 bridgehead atoms. The Morgan fingerprint density at radius 2 is 2.17 bits per heavy atom. The van der Waals surface area contributed by atoms with Crippen molar-refractivity contribution in [3.63, 3.8) is 0 Å². The van der Waals surface area contributed by atoms with Crippen LogP contribution < -0.4 is 4.90 Å². The largest absolute Gasteiger partial charge is 0.446 e. The van der Waals surface area contributed by atoms with Crippen LogP contribution in [0.1, 0.15) is 54.9 Å². The Bertz CT molecular complexity index is 1140. The van der Waals surface area contributed by atoms with E-state index in [2.05, 4.69) is 23.0 Å². The van der Waals surface area contributed by atoms with Gasteiger partial charge >= 0.3 is 6.09 Å². The van der Waals surface area contributed by atoms with Gasteiger partial charge in [-0.05, 0) is 62.9 Å². The molecule has 7 nitrogen and oxygen atoms in total. The summed E-state index contributed by atoms with van der Waals surface area (Å²) in [5.74, 6) is 0.773. The fraction of sp³-hybridized carbons (Fsp3) is 0.364. The van der Waals surface area contributed by atoms with Crippen molar-refractivity contribution in [3.8, 4) is 6.07 Å². The van der Waals surface area contributed by atoms with Crippen LogP contribution in [0.2, 0.25) is 0 Å². The molecular weight excluding hydrogens is 366 g/mol. The molecule has 3 heterocycles. The van der Waals surface area contributed by atoms with Crippen molar-refractivity contribution in [1.82, 2.24) is 15.0 Å². The van der Waals surface area contributed by atoms with Gasteiger partial charge in [0.25, 0.3) is 0 Å². The Balaban J connectivity index is 1.43. The second-order valence-corrected chi connectivity index (χ2v) is 7.73. The number of carbonyl (C=O) groups excluding carboxylic acids is 1. The first-order valence-electron chi connectivity index (χ1n) is 10.00. The average Bonchev–Trinajstić information content (AvgIpc) is 3.46. The number of hydrogen-bond acceptors (Lipinski definition) is 5. The molecule has 0 radical (unpaired) electrons. The van der Waals surface area contributed by atoms with Gasteiger partial charge in [-0.25, -0.2) is 9.78 Å². The van der Waals surface area contributed by atoms with E-state index in [4.69, 9.17) is 15.0 Å². The van der Waals surface area contributed by atoms with Crippen LogP contribution in [0.15, 0.2) is 30.3 Å². The van der Waals surface area contributed by atoms with Gasteiger partial charge in [0.2, 0.25) is 0 Å². The van der Waals surface area contributed by atoms with Crippen LogP contribution in [0.3, 0.4) is 0 Å². The van der Waals surface area contributed by atoms with Crippen LogP contribution in [0, 0.1) is 11.3 Å². The molecule has 1 atom stereocenters. The van der Waals surface area contributed by atoms with Crippen molar-refractivity contribution in [2.75, 3.05) is 11.4 Å². The summed E-state index contributed by atoms with van der Waals surface area (Å²) in [6.45, 7) is 2.72. The van der Waals surface area contributed by atoms with E-state index in [1.165, 1.54) is 0 Å². The number of fused-ring (bicyclic) bond motifs is 2. The molecule has 1 aliphatic heterocycles. The number of hydrogen-bond donors (Lipinski definition) is 1. The van der Waals surface area contributed by atoms with Crippen molar-refractivity contribution in [2.24, 2.45) is 0 Å². The van der Waals surface area contributed by atoms with Crippen molar-refractivity contribution < 1.29 is 9.53 Å². The second kappa shape index (κ2) is 6.89. The third kappa shape index (κ3) is 3.31. The molecule has 5 rings (SSSR count). The first-order valence-corrected chi connectivity index (χ1v) is 10.00. The molecule has 1 N–H and O–H groups in total. The lowest BCUT2D eigenvalue weighted by atomic mass is 10.0. The highest BCUT2D eigenvalue weighted by Gasteiger charge is 2.31. The molecule has 7 heteroatoms. The fourth-order valence-corrected chi connectivity index (χ4v) is 3.73. The summed E-state index contributed by atoms with van der Waals surface area (Å²) in [6.07, 6.45) is 3.48. The summed E-state index contributed by atoms with van der Waals surface area (Å²) in [5.41, 5.74) is 4.96. The third-order valence-corrected chi connectivity index (χ3v) is 5.55. The van der Waals surface area contributed by atoms with Crippen molar-refractivity contribution in [2.45, 2.75) is 44.6 Å². The predicted octanol–water partition coefficient (Wildman–Crippen LogP) is 4.03. The monoisotopic (exact) mass is 387 g/mol. The average molecular weight is 387 g/mol. The summed E-state index contributed by atoms with van der Waals surface area (Å²) >= 11 is 0. The molecule has 1 amide bonds. The third-order valence-electron chi connectivity index (χ3n) is 5.55. The van der Waals surface area contributed by atoms with E-state index in [-0.39, 0.29) is 18.1 Å². The Morgan fingerprint density at radius 1 is 1.31 bits per heavy atom. The lowest BCUT2D eigenvalue weighted by Gasteiger charge is -2.28. The Labute approximate surface area is 168 Å². The number of pyridine rings is 1. The van der Waals surface area contributed by atoms with E-state index < -0.39 is 0 Å². The quantitative estimate of drug-likeness (QED) is 0.732. The number of aryl methyl sites for hydroxylation is 1. The molecule has 2 aromatic heterocycles. The zero-order valence-electron chi connectivity index (χ0n) is 16.2. The maximum Gasteiger partial charge on any atom is 0.414 e. The van der Waals surface area contributed by atoms with Gasteiger partial charge in [-0.3, -0.25) is 9.88 Å². The molecule has 3 aromatic rings. The number of H-pyrrole nitrogens is 1. The number of nitrogens with one attached hydrogen (secondary N) is 1. The zero-order valence-corrected chi connectivity index (χ0v) is 16.2. The maximum absolute atomic E-state index is 12.4. The number of anilines is 1. The van der Waals surface area contributed by atoms with Gasteiger partial charge in [0.15, 0.2) is 0 Å². The zero-order chi connectivity index (χ0) is 20.0. The number of aromatic nitrogens is 3. The van der Waals surface area contributed by atoms with Crippen LogP contribution in [-0.4, -0.2) is 33.7 Å². The molecular formula is C22H21N5O2. The van der Waals surface area contributed by atoms with E-state index in [1.54, 1.807) is 11.0 Å². The number of aromatic amines is 1. The van der Waals surface area contributed by atoms with Gasteiger partial charge in [0, 0.05) is 6.54 Å². The summed E-state index contributed by atoms with van der Waals surface area (Å²) < 4.78 is 5.48. The van der Waals surface area contributed by atoms with Crippen molar-refractivity contribution in [1.29, 1.82) is 5.26 Å². The van der Waals surface area contributed by atoms with Gasteiger partial charge in [0.1, 0.15) is 11.9 Å². The van der Waals surface area contributed by atoms with Crippen LogP contribution in [0.25, 0.3) is 11.0 Å². The summed E-state index contributed by atoms with van der Waals surface area (Å²) in [4.78, 5) is 27.0. The van der Waals surface area contributed by atoms with Gasteiger partial charge in [-0.2, -0.15) is 5.26 Å². The minimum absolute atomic E-state index is 0.0352. The standard InChI is InChI=1S/C22H21N5O2/c1-13(21-25-17-7-4-14(12-23)11-19(17)26-21)16-8-9-20-18(24-16)3-2-10-27(20)22(28)29-15-5-6-15/h4,7-9,11,13,15H,2-3,5-6,10H2,1H3,(H,25,26). The Kier molecular flexibility index (Phi) is 4.20. The highest BCUT2D eigenvalue weighted by molar-refractivity contribution is 5.89. The number of nitriles is 1. The van der Waals surface area contributed by atoms with Gasteiger partial charge in [-0.15, -0.1) is 0 Å². The Morgan fingerprint density at radius 3 is 2.97 bits per heavy atom. The first kappa shape index (κ1) is 17.7. The predicted molar refractivity (Wildman–Crippen MR) is 108 cm³/mol. The molecule has 2 aliphatic rings. The number of nitrogens with zero attached hydrogens (tertiary/aromatic N) is 4. The normalized spacial score (nSPS) is 16.9. The molecule has 0 saturated heterocycles. The number of imidazole rings is 1. The van der Waals surface area contributed by atoms with Crippen LogP contribution >= 0.6 is 0 Å². The van der Waals surface area contributed by atoms with E-state index in [9.17, 15) is 4.79 Å². The minimum atomic E-state index is -0.262. The molecule has 1 saturated carbocycles. The van der Waals surface area contributed by atoms with E-state index >= 15 is 0 Å². The highest BCUT2D eigenvalue weighted by Crippen LogP contribution is 2.32. The minimum Gasteiger partial charge on any atom is -0.446 e. The maximum atomic E-state index is 12.4. The fourth-order valence-electron chi connectivity index (χ4n) is 3.73. The van der Waals surface area contributed by atoms with Crippen molar-refractivity contribution >= 4 is 22.8 Å². The van der Waals surface area contributed by atoms with E-state index in [0.717, 1.165) is 59.6 Å². The smallest absolute Gasteiger partial charge is 0.414 e. The number of benzene rings is 1. The van der Waals surface area contributed by atoms with E-state index in [0.29, 0.717) is 12.1 Å². The number of rotatable bonds is 3. The second-order valence-electron chi connectivity index (χ2n) is 7.73. The van der Waals surface area contributed by atoms with E-state index in [1.807, 2.05) is 24.3 Å². The number of carbonyl (C=O) groups is 1. The van der Waals surface area contributed by atoms with Crippen molar-refractivity contribution in [3.05, 3.63) is 53.1 Å². The summed E-state index contributed by atoms with van der Waals surface area (Å²) in [6, 6.07) is 11.5.